The second kappa shape index (κ2) is 4.60. The van der Waals surface area contributed by atoms with Crippen LogP contribution in [0.5, 0.6) is 0 Å². The Hall–Kier alpha value is -1.80. The fourth-order valence-corrected chi connectivity index (χ4v) is 3.07. The molecule has 0 fully saturated rings. The second-order valence-corrected chi connectivity index (χ2v) is 5.46. The molecule has 17 heavy (non-hydrogen) atoms. The van der Waals surface area contributed by atoms with E-state index in [4.69, 9.17) is 0 Å². The number of hydrogen-bond donors (Lipinski definition) is 0. The lowest BCUT2D eigenvalue weighted by Crippen LogP contribution is -1.81. The Morgan fingerprint density at radius 1 is 0.882 bits per heavy atom. The largest absolute Gasteiger partial charge is 0.324 e. The van der Waals surface area contributed by atoms with E-state index in [0.29, 0.717) is 6.42 Å². The highest BCUT2D eigenvalue weighted by atomic mass is 32.1. The molecule has 8 heteroatoms. The van der Waals surface area contributed by atoms with Crippen molar-refractivity contribution in [2.24, 2.45) is 0 Å². The van der Waals surface area contributed by atoms with Crippen LogP contribution in [0.4, 0.5) is 10.0 Å². The van der Waals surface area contributed by atoms with Crippen LogP contribution >= 0.6 is 22.7 Å². The molecule has 0 amide bonds. The minimum atomic E-state index is -0.439. The summed E-state index contributed by atoms with van der Waals surface area (Å²) in [5, 5.41) is 21.2. The molecule has 2 aromatic rings. The molecular formula is C9H6N2O4S2. The predicted octanol–water partition coefficient (Wildman–Crippen LogP) is 3.22. The van der Waals surface area contributed by atoms with Gasteiger partial charge in [-0.3, -0.25) is 20.2 Å². The molecule has 2 aromatic heterocycles. The smallest absolute Gasteiger partial charge is 0.258 e. The van der Waals surface area contributed by atoms with Crippen molar-refractivity contribution in [3.05, 3.63) is 54.2 Å². The van der Waals surface area contributed by atoms with Gasteiger partial charge in [-0.05, 0) is 12.1 Å². The average molecular weight is 270 g/mol. The van der Waals surface area contributed by atoms with E-state index in [1.807, 2.05) is 0 Å². The van der Waals surface area contributed by atoms with Gasteiger partial charge in [-0.25, -0.2) is 0 Å². The fourth-order valence-electron chi connectivity index (χ4n) is 1.29. The van der Waals surface area contributed by atoms with Gasteiger partial charge in [0.2, 0.25) is 0 Å². The Morgan fingerprint density at radius 3 is 1.59 bits per heavy atom. The van der Waals surface area contributed by atoms with Crippen molar-refractivity contribution in [2.45, 2.75) is 6.42 Å². The van der Waals surface area contributed by atoms with E-state index >= 15 is 0 Å². The quantitative estimate of drug-likeness (QED) is 0.630. The normalized spacial score (nSPS) is 10.4. The Kier molecular flexibility index (Phi) is 3.16. The lowest BCUT2D eigenvalue weighted by atomic mass is 10.3. The van der Waals surface area contributed by atoms with E-state index in [9.17, 15) is 20.2 Å². The third-order valence-electron chi connectivity index (χ3n) is 2.00. The van der Waals surface area contributed by atoms with E-state index in [1.165, 1.54) is 12.1 Å². The summed E-state index contributed by atoms with van der Waals surface area (Å²) >= 11 is 2.18. The van der Waals surface area contributed by atoms with Crippen molar-refractivity contribution < 1.29 is 9.85 Å². The highest BCUT2D eigenvalue weighted by Gasteiger charge is 2.13. The van der Waals surface area contributed by atoms with Gasteiger partial charge >= 0.3 is 10.0 Å². The fraction of sp³-hybridized carbons (Fsp3) is 0.111. The summed E-state index contributed by atoms with van der Waals surface area (Å²) < 4.78 is 0. The number of thiophene rings is 2. The molecule has 0 unspecified atom stereocenters. The van der Waals surface area contributed by atoms with Gasteiger partial charge < -0.3 is 0 Å². The van der Waals surface area contributed by atoms with Crippen molar-refractivity contribution in [3.8, 4) is 0 Å². The highest BCUT2D eigenvalue weighted by molar-refractivity contribution is 7.16. The Labute approximate surface area is 103 Å². The first-order valence-corrected chi connectivity index (χ1v) is 6.16. The standard InChI is InChI=1S/C9H6N2O4S2/c12-10(13)8-3-1-6(16-8)5-7-2-4-9(17-7)11(14)15/h1-4H,5H2. The second-order valence-electron chi connectivity index (χ2n) is 3.17. The van der Waals surface area contributed by atoms with Crippen LogP contribution in [0.1, 0.15) is 9.75 Å². The molecule has 0 N–H and O–H groups in total. The topological polar surface area (TPSA) is 86.3 Å². The predicted molar refractivity (Wildman–Crippen MR) is 64.8 cm³/mol. The van der Waals surface area contributed by atoms with E-state index < -0.39 is 9.85 Å². The summed E-state index contributed by atoms with van der Waals surface area (Å²) in [6, 6.07) is 6.24. The molecule has 6 nitrogen and oxygen atoms in total. The first-order chi connectivity index (χ1) is 8.06. The molecule has 0 aliphatic heterocycles. The summed E-state index contributed by atoms with van der Waals surface area (Å²) in [4.78, 5) is 21.8. The monoisotopic (exact) mass is 270 g/mol. The summed E-state index contributed by atoms with van der Waals surface area (Å²) in [6.45, 7) is 0. The summed E-state index contributed by atoms with van der Waals surface area (Å²) in [5.41, 5.74) is 0. The van der Waals surface area contributed by atoms with Crippen LogP contribution in [-0.2, 0) is 6.42 Å². The number of hydrogen-bond acceptors (Lipinski definition) is 6. The van der Waals surface area contributed by atoms with Gasteiger partial charge in [0.05, 0.1) is 9.85 Å². The molecule has 0 saturated heterocycles. The first-order valence-electron chi connectivity index (χ1n) is 4.52. The molecule has 0 aliphatic rings. The molecule has 88 valence electrons. The maximum Gasteiger partial charge on any atom is 0.324 e. The van der Waals surface area contributed by atoms with Gasteiger partial charge in [-0.15, -0.1) is 0 Å². The minimum absolute atomic E-state index is 0.0889. The van der Waals surface area contributed by atoms with Crippen LogP contribution in [0.15, 0.2) is 24.3 Å². The van der Waals surface area contributed by atoms with Gasteiger partial charge in [0, 0.05) is 28.3 Å². The van der Waals surface area contributed by atoms with E-state index in [2.05, 4.69) is 0 Å². The van der Waals surface area contributed by atoms with Crippen molar-refractivity contribution in [2.75, 3.05) is 0 Å². The minimum Gasteiger partial charge on any atom is -0.258 e. The van der Waals surface area contributed by atoms with Crippen LogP contribution < -0.4 is 0 Å². The van der Waals surface area contributed by atoms with Gasteiger partial charge in [0.1, 0.15) is 0 Å². The Morgan fingerprint density at radius 2 is 1.29 bits per heavy atom. The molecule has 2 rings (SSSR count). The van der Waals surface area contributed by atoms with Crippen LogP contribution in [0.2, 0.25) is 0 Å². The third-order valence-corrected chi connectivity index (χ3v) is 4.08. The average Bonchev–Trinajstić information content (AvgIpc) is 2.87. The van der Waals surface area contributed by atoms with Crippen molar-refractivity contribution in [1.29, 1.82) is 0 Å². The van der Waals surface area contributed by atoms with Crippen molar-refractivity contribution >= 4 is 32.7 Å². The highest BCUT2D eigenvalue weighted by Crippen LogP contribution is 2.30. The van der Waals surface area contributed by atoms with Crippen molar-refractivity contribution in [3.63, 3.8) is 0 Å². The molecular weight excluding hydrogens is 264 g/mol. The van der Waals surface area contributed by atoms with Gasteiger partial charge in [-0.2, -0.15) is 0 Å². The molecule has 0 bridgehead atoms. The van der Waals surface area contributed by atoms with Gasteiger partial charge in [0.25, 0.3) is 0 Å². The molecule has 2 heterocycles. The van der Waals surface area contributed by atoms with Crippen LogP contribution in [0, 0.1) is 20.2 Å². The first kappa shape index (κ1) is 11.7. The number of nitrogens with zero attached hydrogens (tertiary/aromatic N) is 2. The maximum absolute atomic E-state index is 10.5. The molecule has 0 radical (unpaired) electrons. The lowest BCUT2D eigenvalue weighted by molar-refractivity contribution is -0.380. The zero-order valence-corrected chi connectivity index (χ0v) is 9.99. The van der Waals surface area contributed by atoms with E-state index in [1.54, 1.807) is 12.1 Å². The van der Waals surface area contributed by atoms with Crippen molar-refractivity contribution in [1.82, 2.24) is 0 Å². The summed E-state index contributed by atoms with van der Waals surface area (Å²) in [7, 11) is 0. The zero-order valence-electron chi connectivity index (χ0n) is 8.36. The van der Waals surface area contributed by atoms with Crippen LogP contribution in [0.25, 0.3) is 0 Å². The molecule has 0 atom stereocenters. The number of rotatable bonds is 4. The van der Waals surface area contributed by atoms with Gasteiger partial charge in [-0.1, -0.05) is 22.7 Å². The molecule has 0 aromatic carbocycles. The summed E-state index contributed by atoms with van der Waals surface area (Å²) in [6.07, 6.45) is 0.497. The molecule has 0 spiro atoms. The summed E-state index contributed by atoms with van der Waals surface area (Å²) in [5.74, 6) is 0. The third kappa shape index (κ3) is 2.66. The SMILES string of the molecule is O=[N+]([O-])c1ccc(Cc2ccc([N+](=O)[O-])s2)s1. The number of nitro groups is 2. The van der Waals surface area contributed by atoms with Crippen LogP contribution in [0.3, 0.4) is 0 Å². The Balaban J connectivity index is 2.13. The van der Waals surface area contributed by atoms with E-state index in [0.717, 1.165) is 32.4 Å². The maximum atomic E-state index is 10.5. The van der Waals surface area contributed by atoms with Gasteiger partial charge in [0.15, 0.2) is 0 Å². The Bertz CT molecular complexity index is 525. The zero-order chi connectivity index (χ0) is 12.4. The van der Waals surface area contributed by atoms with E-state index in [-0.39, 0.29) is 10.0 Å². The molecule has 0 saturated carbocycles. The molecule has 0 aliphatic carbocycles. The van der Waals surface area contributed by atoms with Crippen LogP contribution in [-0.4, -0.2) is 9.85 Å². The lowest BCUT2D eigenvalue weighted by Gasteiger charge is -1.90.